The van der Waals surface area contributed by atoms with Crippen molar-refractivity contribution in [2.75, 3.05) is 44.2 Å². The van der Waals surface area contributed by atoms with Crippen LogP contribution in [-0.4, -0.2) is 61.0 Å². The van der Waals surface area contributed by atoms with Gasteiger partial charge in [0.2, 0.25) is 5.91 Å². The van der Waals surface area contributed by atoms with Gasteiger partial charge in [-0.2, -0.15) is 0 Å². The third-order valence-corrected chi connectivity index (χ3v) is 5.88. The lowest BCUT2D eigenvalue weighted by Crippen LogP contribution is -2.51. The molecule has 1 fully saturated rings. The number of carbonyl (C=O) groups excluding carboxylic acids is 2. The number of hydrogen-bond acceptors (Lipinski definition) is 7. The molecule has 1 aliphatic heterocycles. The number of thiophene rings is 1. The number of rotatable bonds is 7. The van der Waals surface area contributed by atoms with Crippen LogP contribution < -0.4 is 15.5 Å². The Morgan fingerprint density at radius 2 is 1.97 bits per heavy atom. The fourth-order valence-electron chi connectivity index (χ4n) is 3.22. The first kappa shape index (κ1) is 22.0. The van der Waals surface area contributed by atoms with Crippen molar-refractivity contribution in [2.45, 2.75) is 6.42 Å². The summed E-state index contributed by atoms with van der Waals surface area (Å²) in [6.45, 7) is 2.71. The molecule has 2 aromatic rings. The second kappa shape index (κ2) is 10.4. The van der Waals surface area contributed by atoms with Gasteiger partial charge in [-0.3, -0.25) is 25.1 Å². The van der Waals surface area contributed by atoms with E-state index in [0.29, 0.717) is 43.4 Å². The molecule has 0 radical (unpaired) electrons. The average molecular weight is 452 g/mol. The number of nitrogens with one attached hydrogen (secondary N) is 2. The Bertz CT molecular complexity index is 900. The maximum absolute atomic E-state index is 12.1. The molecule has 0 bridgehead atoms. The number of benzene rings is 1. The fourth-order valence-corrected chi connectivity index (χ4v) is 4.10. The van der Waals surface area contributed by atoms with Crippen LogP contribution in [0.25, 0.3) is 0 Å². The number of anilines is 1. The minimum absolute atomic E-state index is 0.0343. The second-order valence-electron chi connectivity index (χ2n) is 6.79. The van der Waals surface area contributed by atoms with E-state index in [0.717, 1.165) is 6.42 Å². The molecule has 0 aliphatic carbocycles. The maximum atomic E-state index is 12.1. The van der Waals surface area contributed by atoms with Crippen LogP contribution in [0, 0.1) is 10.1 Å². The zero-order valence-corrected chi connectivity index (χ0v) is 17.7. The van der Waals surface area contributed by atoms with E-state index < -0.39 is 11.0 Å². The van der Waals surface area contributed by atoms with E-state index in [1.165, 1.54) is 10.9 Å². The number of nitrogens with zero attached hydrogens (tertiary/aromatic N) is 3. The van der Waals surface area contributed by atoms with Gasteiger partial charge in [0.15, 0.2) is 0 Å². The molecule has 30 heavy (non-hydrogen) atoms. The molecule has 2 heterocycles. The van der Waals surface area contributed by atoms with Crippen molar-refractivity contribution in [1.29, 1.82) is 0 Å². The molecule has 0 atom stereocenters. The van der Waals surface area contributed by atoms with Crippen molar-refractivity contribution in [3.8, 4) is 0 Å². The van der Waals surface area contributed by atoms with E-state index in [1.807, 2.05) is 27.3 Å². The van der Waals surface area contributed by atoms with Gasteiger partial charge < -0.3 is 10.2 Å². The summed E-state index contributed by atoms with van der Waals surface area (Å²) in [6.07, 6.45) is 0.720. The highest BCUT2D eigenvalue weighted by Crippen LogP contribution is 2.31. The first-order chi connectivity index (χ1) is 14.4. The minimum atomic E-state index is -0.507. The Kier molecular flexibility index (Phi) is 7.61. The quantitative estimate of drug-likeness (QED) is 0.494. The molecule has 3 rings (SSSR count). The molecule has 0 saturated carbocycles. The predicted molar refractivity (Wildman–Crippen MR) is 116 cm³/mol. The van der Waals surface area contributed by atoms with E-state index in [9.17, 15) is 19.7 Å². The molecule has 160 valence electrons. The van der Waals surface area contributed by atoms with Crippen molar-refractivity contribution >= 4 is 46.3 Å². The number of piperazine rings is 1. The average Bonchev–Trinajstić information content (AvgIpc) is 3.22. The summed E-state index contributed by atoms with van der Waals surface area (Å²) in [5, 5.41) is 18.6. The lowest BCUT2D eigenvalue weighted by atomic mass is 10.2. The number of urea groups is 1. The van der Waals surface area contributed by atoms with E-state index in [1.54, 1.807) is 23.5 Å². The van der Waals surface area contributed by atoms with Crippen LogP contribution in [0.15, 0.2) is 35.7 Å². The third-order valence-electron chi connectivity index (χ3n) is 4.70. The van der Waals surface area contributed by atoms with Gasteiger partial charge in [-0.05, 0) is 30.0 Å². The van der Waals surface area contributed by atoms with Crippen molar-refractivity contribution in [3.63, 3.8) is 0 Å². The number of hydrogen-bond donors (Lipinski definition) is 2. The summed E-state index contributed by atoms with van der Waals surface area (Å²) in [5.74, 6) is -0.380. The molecule has 1 saturated heterocycles. The van der Waals surface area contributed by atoms with E-state index in [2.05, 4.69) is 10.6 Å². The molecule has 1 aliphatic rings. The standard InChI is InChI=1S/C19H22ClN5O4S/c20-14-3-4-16(17(12-14)25(28)29)24-9-7-23(8-10-24)13-18(26)22-19(27)21-6-5-15-2-1-11-30-15/h1-4,11-12H,5-10,13H2,(H2,21,22,26,27). The van der Waals surface area contributed by atoms with Crippen LogP contribution >= 0.6 is 22.9 Å². The summed E-state index contributed by atoms with van der Waals surface area (Å²) in [7, 11) is 0. The SMILES string of the molecule is O=C(CN1CCN(c2ccc(Cl)cc2[N+](=O)[O-])CC1)NC(=O)NCCc1cccs1. The van der Waals surface area contributed by atoms with Crippen LogP contribution in [-0.2, 0) is 11.2 Å². The zero-order valence-electron chi connectivity index (χ0n) is 16.2. The van der Waals surface area contributed by atoms with Gasteiger partial charge in [-0.15, -0.1) is 11.3 Å². The van der Waals surface area contributed by atoms with Crippen LogP contribution in [0.3, 0.4) is 0 Å². The zero-order chi connectivity index (χ0) is 21.5. The Labute approximate surface area is 182 Å². The normalized spacial score (nSPS) is 14.4. The highest BCUT2D eigenvalue weighted by molar-refractivity contribution is 7.09. The van der Waals surface area contributed by atoms with Gasteiger partial charge in [0.05, 0.1) is 11.5 Å². The van der Waals surface area contributed by atoms with Crippen LogP contribution in [0.2, 0.25) is 5.02 Å². The molecule has 9 nitrogen and oxygen atoms in total. The molecule has 3 amide bonds. The smallest absolute Gasteiger partial charge is 0.321 e. The maximum Gasteiger partial charge on any atom is 0.321 e. The topological polar surface area (TPSA) is 108 Å². The Morgan fingerprint density at radius 3 is 2.63 bits per heavy atom. The highest BCUT2D eigenvalue weighted by atomic mass is 35.5. The monoisotopic (exact) mass is 451 g/mol. The van der Waals surface area contributed by atoms with Crippen LogP contribution in [0.5, 0.6) is 0 Å². The van der Waals surface area contributed by atoms with E-state index in [-0.39, 0.29) is 18.1 Å². The van der Waals surface area contributed by atoms with Crippen LogP contribution in [0.4, 0.5) is 16.2 Å². The Balaban J connectivity index is 1.41. The third kappa shape index (κ3) is 6.15. The summed E-state index contributed by atoms with van der Waals surface area (Å²) >= 11 is 7.49. The highest BCUT2D eigenvalue weighted by Gasteiger charge is 2.25. The van der Waals surface area contributed by atoms with Gasteiger partial charge in [0, 0.05) is 48.7 Å². The molecule has 2 N–H and O–H groups in total. The molecule has 0 spiro atoms. The lowest BCUT2D eigenvalue weighted by molar-refractivity contribution is -0.384. The largest absolute Gasteiger partial charge is 0.363 e. The number of imide groups is 1. The van der Waals surface area contributed by atoms with Gasteiger partial charge in [0.25, 0.3) is 5.69 Å². The van der Waals surface area contributed by atoms with Gasteiger partial charge in [0.1, 0.15) is 5.69 Å². The molecule has 11 heteroatoms. The summed E-state index contributed by atoms with van der Waals surface area (Å²) in [6, 6.07) is 8.05. The van der Waals surface area contributed by atoms with Gasteiger partial charge in [-0.1, -0.05) is 17.7 Å². The van der Waals surface area contributed by atoms with Crippen molar-refractivity contribution < 1.29 is 14.5 Å². The Morgan fingerprint density at radius 1 is 1.20 bits per heavy atom. The molecule has 1 aromatic heterocycles. The van der Waals surface area contributed by atoms with Gasteiger partial charge in [-0.25, -0.2) is 4.79 Å². The first-order valence-corrected chi connectivity index (χ1v) is 10.7. The summed E-state index contributed by atoms with van der Waals surface area (Å²) < 4.78 is 0. The number of nitro groups is 1. The summed E-state index contributed by atoms with van der Waals surface area (Å²) in [4.78, 5) is 39.8. The molecular weight excluding hydrogens is 430 g/mol. The first-order valence-electron chi connectivity index (χ1n) is 9.43. The van der Waals surface area contributed by atoms with Crippen LogP contribution in [0.1, 0.15) is 4.88 Å². The fraction of sp³-hybridized carbons (Fsp3) is 0.368. The second-order valence-corrected chi connectivity index (χ2v) is 8.26. The number of halogens is 1. The van der Waals surface area contributed by atoms with Crippen molar-refractivity contribution in [3.05, 3.63) is 55.7 Å². The lowest BCUT2D eigenvalue weighted by Gasteiger charge is -2.35. The predicted octanol–water partition coefficient (Wildman–Crippen LogP) is 2.50. The van der Waals surface area contributed by atoms with E-state index >= 15 is 0 Å². The number of nitro benzene ring substituents is 1. The molecule has 0 unspecified atom stereocenters. The van der Waals surface area contributed by atoms with E-state index in [4.69, 9.17) is 11.6 Å². The Hall–Kier alpha value is -2.69. The van der Waals surface area contributed by atoms with Gasteiger partial charge >= 0.3 is 6.03 Å². The number of amides is 3. The molecular formula is C19H22ClN5O4S. The summed E-state index contributed by atoms with van der Waals surface area (Å²) in [5.41, 5.74) is 0.478. The van der Waals surface area contributed by atoms with Crippen molar-refractivity contribution in [2.24, 2.45) is 0 Å². The molecule has 1 aromatic carbocycles. The number of carbonyl (C=O) groups is 2. The minimum Gasteiger partial charge on any atom is -0.363 e. The van der Waals surface area contributed by atoms with Crippen molar-refractivity contribution in [1.82, 2.24) is 15.5 Å².